The number of nitrogens with two attached hydrogens (primary N) is 1. The Kier molecular flexibility index (Phi) is 6.36. The second-order valence-electron chi connectivity index (χ2n) is 8.25. The number of aliphatic imine (C=N–C) groups is 1. The van der Waals surface area contributed by atoms with Crippen LogP contribution in [0.1, 0.15) is 45.2 Å². The third kappa shape index (κ3) is 4.11. The van der Waals surface area contributed by atoms with Gasteiger partial charge in [0.1, 0.15) is 27.5 Å². The van der Waals surface area contributed by atoms with Gasteiger partial charge in [0.25, 0.3) is 0 Å². The lowest BCUT2D eigenvalue weighted by molar-refractivity contribution is 0.476. The molecule has 2 aromatic carbocycles. The van der Waals surface area contributed by atoms with E-state index < -0.39 is 25.9 Å². The molecule has 0 saturated heterocycles. The standard InChI is InChI=1S/C21H23FN4O2S2.C2H6/c1-12-24-18-16(6-5-7-17(18)29-12)25-13-8-9-15(22)14(10-13)21(4)11-30(27,28)20(2,3)19(23)26-21;1-2/h5-10,25H,11H2,1-4H3,(H2,23,26);1-2H3/t21-;/m0./s1. The molecule has 0 bridgehead atoms. The van der Waals surface area contributed by atoms with Crippen LogP contribution in [-0.4, -0.2) is 29.7 Å². The number of anilines is 2. The van der Waals surface area contributed by atoms with Crippen molar-refractivity contribution >= 4 is 48.6 Å². The van der Waals surface area contributed by atoms with Gasteiger partial charge in [-0.2, -0.15) is 0 Å². The monoisotopic (exact) mass is 476 g/mol. The quantitative estimate of drug-likeness (QED) is 0.535. The number of sulfone groups is 1. The Balaban J connectivity index is 0.00000141. The lowest BCUT2D eigenvalue weighted by Crippen LogP contribution is -2.54. The fourth-order valence-corrected chi connectivity index (χ4v) is 6.15. The van der Waals surface area contributed by atoms with E-state index in [1.807, 2.05) is 39.0 Å². The summed E-state index contributed by atoms with van der Waals surface area (Å²) in [4.78, 5) is 8.99. The SMILES string of the molecule is CC.Cc1nc2c(Nc3ccc(F)c([C@]4(C)CS(=O)(=O)C(C)(C)C(N)=N4)c3)cccc2s1. The number of amidine groups is 1. The van der Waals surface area contributed by atoms with E-state index in [-0.39, 0.29) is 17.2 Å². The minimum atomic E-state index is -3.63. The fraction of sp³-hybridized carbons (Fsp3) is 0.391. The van der Waals surface area contributed by atoms with E-state index in [1.165, 1.54) is 19.9 Å². The summed E-state index contributed by atoms with van der Waals surface area (Å²) < 4.78 is 40.3. The van der Waals surface area contributed by atoms with Gasteiger partial charge in [0.15, 0.2) is 9.84 Å². The maximum absolute atomic E-state index is 14.8. The molecule has 2 heterocycles. The number of hydrogen-bond donors (Lipinski definition) is 2. The second kappa shape index (κ2) is 8.44. The number of hydrogen-bond acceptors (Lipinski definition) is 7. The maximum Gasteiger partial charge on any atom is 0.165 e. The number of aryl methyl sites for hydroxylation is 1. The molecule has 6 nitrogen and oxygen atoms in total. The molecule has 0 spiro atoms. The van der Waals surface area contributed by atoms with E-state index in [9.17, 15) is 12.8 Å². The van der Waals surface area contributed by atoms with Crippen molar-refractivity contribution in [2.24, 2.45) is 10.7 Å². The summed E-state index contributed by atoms with van der Waals surface area (Å²) >= 11 is 1.59. The topological polar surface area (TPSA) is 97.4 Å². The molecular weight excluding hydrogens is 447 g/mol. The Hall–Kier alpha value is -2.52. The Morgan fingerprint density at radius 2 is 1.84 bits per heavy atom. The van der Waals surface area contributed by atoms with Gasteiger partial charge in [0.2, 0.25) is 0 Å². The number of para-hydroxylation sites is 1. The van der Waals surface area contributed by atoms with Crippen molar-refractivity contribution in [3.05, 3.63) is 52.8 Å². The molecule has 9 heteroatoms. The summed E-state index contributed by atoms with van der Waals surface area (Å²) in [5.41, 5.74) is 7.10. The smallest absolute Gasteiger partial charge is 0.165 e. The summed E-state index contributed by atoms with van der Waals surface area (Å²) in [5, 5.41) is 4.23. The van der Waals surface area contributed by atoms with Crippen LogP contribution < -0.4 is 11.1 Å². The van der Waals surface area contributed by atoms with Crippen molar-refractivity contribution < 1.29 is 12.8 Å². The van der Waals surface area contributed by atoms with Crippen LogP contribution in [0.4, 0.5) is 15.8 Å². The number of fused-ring (bicyclic) bond motifs is 1. The summed E-state index contributed by atoms with van der Waals surface area (Å²) in [6, 6.07) is 10.3. The molecule has 1 aliphatic heterocycles. The Morgan fingerprint density at radius 3 is 2.50 bits per heavy atom. The normalized spacial score (nSPS) is 21.4. The van der Waals surface area contributed by atoms with Crippen LogP contribution in [-0.2, 0) is 15.4 Å². The molecule has 172 valence electrons. The zero-order valence-corrected chi connectivity index (χ0v) is 20.8. The maximum atomic E-state index is 14.8. The van der Waals surface area contributed by atoms with Crippen molar-refractivity contribution in [1.82, 2.24) is 4.98 Å². The lowest BCUT2D eigenvalue weighted by atomic mass is 9.92. The average molecular weight is 477 g/mol. The Labute approximate surface area is 192 Å². The van der Waals surface area contributed by atoms with Crippen LogP contribution in [0.3, 0.4) is 0 Å². The molecule has 0 fully saturated rings. The first-order valence-electron chi connectivity index (χ1n) is 10.4. The molecule has 0 unspecified atom stereocenters. The van der Waals surface area contributed by atoms with E-state index in [0.29, 0.717) is 5.69 Å². The van der Waals surface area contributed by atoms with Gasteiger partial charge in [-0.25, -0.2) is 17.8 Å². The number of nitrogens with one attached hydrogen (secondary N) is 1. The van der Waals surface area contributed by atoms with Crippen molar-refractivity contribution in [3.63, 3.8) is 0 Å². The van der Waals surface area contributed by atoms with Crippen LogP contribution in [0, 0.1) is 12.7 Å². The predicted octanol–water partition coefficient (Wildman–Crippen LogP) is 5.29. The third-order valence-electron chi connectivity index (χ3n) is 5.58. The molecular formula is C23H29FN4O2S2. The van der Waals surface area contributed by atoms with Gasteiger partial charge in [0.05, 0.1) is 21.1 Å². The Bertz CT molecular complexity index is 1300. The van der Waals surface area contributed by atoms with Gasteiger partial charge in [0, 0.05) is 11.3 Å². The second-order valence-corrected chi connectivity index (χ2v) is 12.0. The number of thiazole rings is 1. The lowest BCUT2D eigenvalue weighted by Gasteiger charge is -2.38. The van der Waals surface area contributed by atoms with Gasteiger partial charge in [-0.3, -0.25) is 4.99 Å². The Morgan fingerprint density at radius 1 is 1.16 bits per heavy atom. The molecule has 4 rings (SSSR count). The first-order valence-corrected chi connectivity index (χ1v) is 12.9. The highest BCUT2D eigenvalue weighted by Gasteiger charge is 2.49. The van der Waals surface area contributed by atoms with E-state index in [2.05, 4.69) is 15.3 Å². The number of nitrogens with zero attached hydrogens (tertiary/aromatic N) is 2. The minimum Gasteiger partial charge on any atom is -0.386 e. The summed E-state index contributed by atoms with van der Waals surface area (Å²) in [6.45, 7) is 10.6. The third-order valence-corrected chi connectivity index (χ3v) is 9.23. The van der Waals surface area contributed by atoms with Crippen LogP contribution in [0.5, 0.6) is 0 Å². The van der Waals surface area contributed by atoms with E-state index in [0.717, 1.165) is 20.9 Å². The molecule has 1 aliphatic rings. The van der Waals surface area contributed by atoms with Crippen LogP contribution in [0.15, 0.2) is 41.4 Å². The summed E-state index contributed by atoms with van der Waals surface area (Å²) in [5.74, 6) is -0.872. The first-order chi connectivity index (χ1) is 14.9. The van der Waals surface area contributed by atoms with Crippen LogP contribution in [0.2, 0.25) is 0 Å². The molecule has 3 N–H and O–H groups in total. The van der Waals surface area contributed by atoms with Crippen molar-refractivity contribution in [2.45, 2.75) is 51.8 Å². The molecule has 32 heavy (non-hydrogen) atoms. The fourth-order valence-electron chi connectivity index (χ4n) is 3.61. The number of benzene rings is 2. The van der Waals surface area contributed by atoms with E-state index in [4.69, 9.17) is 5.73 Å². The summed E-state index contributed by atoms with van der Waals surface area (Å²) in [7, 11) is -3.63. The zero-order valence-electron chi connectivity index (χ0n) is 19.2. The molecule has 0 amide bonds. The predicted molar refractivity (Wildman–Crippen MR) is 132 cm³/mol. The van der Waals surface area contributed by atoms with Crippen molar-refractivity contribution in [3.8, 4) is 0 Å². The van der Waals surface area contributed by atoms with E-state index in [1.54, 1.807) is 30.4 Å². The van der Waals surface area contributed by atoms with E-state index >= 15 is 0 Å². The molecule has 1 aromatic heterocycles. The van der Waals surface area contributed by atoms with Crippen LogP contribution >= 0.6 is 11.3 Å². The molecule has 0 radical (unpaired) electrons. The summed E-state index contributed by atoms with van der Waals surface area (Å²) in [6.07, 6.45) is 0. The average Bonchev–Trinajstić information content (AvgIpc) is 3.10. The molecule has 3 aromatic rings. The van der Waals surface area contributed by atoms with Gasteiger partial charge in [-0.05, 0) is 58.0 Å². The zero-order chi connectivity index (χ0) is 23.9. The number of halogens is 1. The highest BCUT2D eigenvalue weighted by Crippen LogP contribution is 2.39. The van der Waals surface area contributed by atoms with Gasteiger partial charge < -0.3 is 11.1 Å². The largest absolute Gasteiger partial charge is 0.386 e. The van der Waals surface area contributed by atoms with Crippen molar-refractivity contribution in [2.75, 3.05) is 11.1 Å². The first kappa shape index (κ1) is 24.1. The number of rotatable bonds is 3. The molecule has 0 aliphatic carbocycles. The molecule has 0 saturated carbocycles. The van der Waals surface area contributed by atoms with Crippen LogP contribution in [0.25, 0.3) is 10.2 Å². The van der Waals surface area contributed by atoms with Gasteiger partial charge in [-0.15, -0.1) is 11.3 Å². The highest BCUT2D eigenvalue weighted by molar-refractivity contribution is 7.93. The minimum absolute atomic E-state index is 0.0169. The highest BCUT2D eigenvalue weighted by atomic mass is 32.2. The van der Waals surface area contributed by atoms with Gasteiger partial charge in [-0.1, -0.05) is 19.9 Å². The van der Waals surface area contributed by atoms with Gasteiger partial charge >= 0.3 is 0 Å². The van der Waals surface area contributed by atoms with Crippen molar-refractivity contribution in [1.29, 1.82) is 0 Å². The molecule has 1 atom stereocenters. The number of aromatic nitrogens is 1.